The van der Waals surface area contributed by atoms with Gasteiger partial charge in [-0.15, -0.1) is 24.0 Å². The summed E-state index contributed by atoms with van der Waals surface area (Å²) in [7, 11) is 3.53. The van der Waals surface area contributed by atoms with Gasteiger partial charge in [0.2, 0.25) is 0 Å². The van der Waals surface area contributed by atoms with Crippen LogP contribution in [0.15, 0.2) is 4.99 Å². The molecular weight excluding hydrogens is 373 g/mol. The van der Waals surface area contributed by atoms with Gasteiger partial charge in [-0.25, -0.2) is 0 Å². The third-order valence-electron chi connectivity index (χ3n) is 3.58. The van der Waals surface area contributed by atoms with E-state index in [-0.39, 0.29) is 30.1 Å². The summed E-state index contributed by atoms with van der Waals surface area (Å²) >= 11 is 0. The second-order valence-corrected chi connectivity index (χ2v) is 5.05. The number of guanidine groups is 1. The van der Waals surface area contributed by atoms with Crippen molar-refractivity contribution in [2.75, 3.05) is 60.2 Å². The lowest BCUT2D eigenvalue weighted by atomic mass is 10.1. The zero-order valence-corrected chi connectivity index (χ0v) is 14.7. The molecule has 0 radical (unpaired) electrons. The van der Waals surface area contributed by atoms with E-state index in [0.29, 0.717) is 12.5 Å². The zero-order chi connectivity index (χ0) is 13.5. The fourth-order valence-electron chi connectivity index (χ4n) is 2.51. The standard InChI is InChI=1S/C13H25N3O3.HI/c1-14-13(15-7-11-3-5-18-9-11)16-4-6-19-12(8-16)10-17-2;/h11-12H,3-10H2,1-2H3,(H,14,15);1H. The third kappa shape index (κ3) is 5.34. The van der Waals surface area contributed by atoms with Gasteiger partial charge in [-0.2, -0.15) is 0 Å². The van der Waals surface area contributed by atoms with Crippen LogP contribution in [0, 0.1) is 5.92 Å². The second-order valence-electron chi connectivity index (χ2n) is 5.05. The molecule has 0 amide bonds. The van der Waals surface area contributed by atoms with E-state index in [1.54, 1.807) is 7.11 Å². The summed E-state index contributed by atoms with van der Waals surface area (Å²) in [4.78, 5) is 6.60. The summed E-state index contributed by atoms with van der Waals surface area (Å²) in [5.74, 6) is 1.56. The molecule has 0 aromatic rings. The number of ether oxygens (including phenoxy) is 3. The molecule has 20 heavy (non-hydrogen) atoms. The predicted molar refractivity (Wildman–Crippen MR) is 88.9 cm³/mol. The summed E-state index contributed by atoms with van der Waals surface area (Å²) in [6.45, 7) is 5.73. The molecule has 0 saturated carbocycles. The second kappa shape index (κ2) is 9.75. The lowest BCUT2D eigenvalue weighted by molar-refractivity contribution is -0.0447. The number of halogens is 1. The highest BCUT2D eigenvalue weighted by Gasteiger charge is 2.23. The van der Waals surface area contributed by atoms with Crippen LogP contribution in [-0.4, -0.2) is 77.2 Å². The van der Waals surface area contributed by atoms with Crippen LogP contribution in [0.3, 0.4) is 0 Å². The van der Waals surface area contributed by atoms with Crippen LogP contribution in [0.4, 0.5) is 0 Å². The van der Waals surface area contributed by atoms with Gasteiger partial charge in [-0.05, 0) is 6.42 Å². The van der Waals surface area contributed by atoms with Gasteiger partial charge in [0.25, 0.3) is 0 Å². The van der Waals surface area contributed by atoms with Crippen LogP contribution in [0.1, 0.15) is 6.42 Å². The first kappa shape index (κ1) is 17.9. The fourth-order valence-corrected chi connectivity index (χ4v) is 2.51. The Balaban J connectivity index is 0.00000200. The van der Waals surface area contributed by atoms with Crippen molar-refractivity contribution in [3.63, 3.8) is 0 Å². The number of morpholine rings is 1. The lowest BCUT2D eigenvalue weighted by Gasteiger charge is -2.35. The average molecular weight is 399 g/mol. The third-order valence-corrected chi connectivity index (χ3v) is 3.58. The van der Waals surface area contributed by atoms with Crippen LogP contribution < -0.4 is 5.32 Å². The Bertz CT molecular complexity index is 297. The Morgan fingerprint density at radius 1 is 1.45 bits per heavy atom. The van der Waals surface area contributed by atoms with Crippen LogP contribution >= 0.6 is 24.0 Å². The maximum Gasteiger partial charge on any atom is 0.193 e. The quantitative estimate of drug-likeness (QED) is 0.426. The number of hydrogen-bond donors (Lipinski definition) is 1. The first-order valence-electron chi connectivity index (χ1n) is 6.97. The van der Waals surface area contributed by atoms with E-state index in [1.165, 1.54) is 0 Å². The highest BCUT2D eigenvalue weighted by atomic mass is 127. The zero-order valence-electron chi connectivity index (χ0n) is 12.3. The summed E-state index contributed by atoms with van der Waals surface area (Å²) < 4.78 is 16.2. The first-order chi connectivity index (χ1) is 9.33. The van der Waals surface area contributed by atoms with E-state index in [1.807, 2.05) is 7.05 Å². The van der Waals surface area contributed by atoms with Crippen LogP contribution in [0.5, 0.6) is 0 Å². The van der Waals surface area contributed by atoms with Gasteiger partial charge >= 0.3 is 0 Å². The van der Waals surface area contributed by atoms with Crippen molar-refractivity contribution in [3.8, 4) is 0 Å². The highest BCUT2D eigenvalue weighted by Crippen LogP contribution is 2.11. The van der Waals surface area contributed by atoms with Gasteiger partial charge in [-0.1, -0.05) is 0 Å². The summed E-state index contributed by atoms with van der Waals surface area (Å²) in [5, 5.41) is 3.44. The summed E-state index contributed by atoms with van der Waals surface area (Å²) in [6.07, 6.45) is 1.27. The monoisotopic (exact) mass is 399 g/mol. The Morgan fingerprint density at radius 3 is 2.95 bits per heavy atom. The molecule has 2 rings (SSSR count). The highest BCUT2D eigenvalue weighted by molar-refractivity contribution is 14.0. The van der Waals surface area contributed by atoms with Crippen LogP contribution in [-0.2, 0) is 14.2 Å². The van der Waals surface area contributed by atoms with Gasteiger partial charge in [0.1, 0.15) is 0 Å². The molecule has 2 unspecified atom stereocenters. The number of nitrogens with one attached hydrogen (secondary N) is 1. The Labute approximate surface area is 138 Å². The van der Waals surface area contributed by atoms with E-state index < -0.39 is 0 Å². The minimum Gasteiger partial charge on any atom is -0.382 e. The van der Waals surface area contributed by atoms with Gasteiger partial charge in [-0.3, -0.25) is 4.99 Å². The molecule has 0 bridgehead atoms. The van der Waals surface area contributed by atoms with E-state index in [0.717, 1.165) is 51.8 Å². The topological polar surface area (TPSA) is 55.3 Å². The minimum atomic E-state index is 0. The molecular formula is C13H26IN3O3. The maximum absolute atomic E-state index is 5.65. The molecule has 2 aliphatic heterocycles. The number of nitrogens with zero attached hydrogens (tertiary/aromatic N) is 2. The number of aliphatic imine (C=N–C) groups is 1. The molecule has 2 heterocycles. The molecule has 6 nitrogen and oxygen atoms in total. The molecule has 2 saturated heterocycles. The summed E-state index contributed by atoms with van der Waals surface area (Å²) in [6, 6.07) is 0. The van der Waals surface area contributed by atoms with Crippen molar-refractivity contribution in [1.82, 2.24) is 10.2 Å². The summed E-state index contributed by atoms with van der Waals surface area (Å²) in [5.41, 5.74) is 0. The lowest BCUT2D eigenvalue weighted by Crippen LogP contribution is -2.52. The Kier molecular flexibility index (Phi) is 8.74. The largest absolute Gasteiger partial charge is 0.382 e. The molecule has 1 N–H and O–H groups in total. The van der Waals surface area contributed by atoms with E-state index in [4.69, 9.17) is 14.2 Å². The van der Waals surface area contributed by atoms with Crippen molar-refractivity contribution in [2.45, 2.75) is 12.5 Å². The maximum atomic E-state index is 5.65. The van der Waals surface area contributed by atoms with Crippen molar-refractivity contribution in [1.29, 1.82) is 0 Å². The number of methoxy groups -OCH3 is 1. The smallest absolute Gasteiger partial charge is 0.193 e. The molecule has 7 heteroatoms. The van der Waals surface area contributed by atoms with Gasteiger partial charge < -0.3 is 24.4 Å². The molecule has 0 aromatic heterocycles. The fraction of sp³-hybridized carbons (Fsp3) is 0.923. The molecule has 2 atom stereocenters. The van der Waals surface area contributed by atoms with Crippen molar-refractivity contribution in [2.24, 2.45) is 10.9 Å². The average Bonchev–Trinajstić information content (AvgIpc) is 2.94. The van der Waals surface area contributed by atoms with Crippen molar-refractivity contribution in [3.05, 3.63) is 0 Å². The van der Waals surface area contributed by atoms with E-state index in [2.05, 4.69) is 15.2 Å². The SMILES string of the molecule is CN=C(NCC1CCOC1)N1CCOC(COC)C1.I. The normalized spacial score (nSPS) is 27.3. The molecule has 0 aliphatic carbocycles. The van der Waals surface area contributed by atoms with Crippen LogP contribution in [0.2, 0.25) is 0 Å². The number of hydrogen-bond acceptors (Lipinski definition) is 4. The van der Waals surface area contributed by atoms with Crippen LogP contribution in [0.25, 0.3) is 0 Å². The molecule has 2 aliphatic rings. The number of rotatable bonds is 4. The molecule has 2 fully saturated rings. The van der Waals surface area contributed by atoms with Gasteiger partial charge in [0.15, 0.2) is 5.96 Å². The molecule has 118 valence electrons. The molecule has 0 aromatic carbocycles. The van der Waals surface area contributed by atoms with E-state index >= 15 is 0 Å². The van der Waals surface area contributed by atoms with E-state index in [9.17, 15) is 0 Å². The Hall–Kier alpha value is -0.120. The minimum absolute atomic E-state index is 0. The first-order valence-corrected chi connectivity index (χ1v) is 6.97. The predicted octanol–water partition coefficient (Wildman–Crippen LogP) is 0.564. The van der Waals surface area contributed by atoms with Gasteiger partial charge in [0, 0.05) is 46.3 Å². The van der Waals surface area contributed by atoms with Crippen molar-refractivity contribution >= 4 is 29.9 Å². The Morgan fingerprint density at radius 2 is 2.30 bits per heavy atom. The van der Waals surface area contributed by atoms with Crippen molar-refractivity contribution < 1.29 is 14.2 Å². The molecule has 0 spiro atoms. The van der Waals surface area contributed by atoms with Gasteiger partial charge in [0.05, 0.1) is 25.9 Å².